The third-order valence-corrected chi connectivity index (χ3v) is 5.24. The van der Waals surface area contributed by atoms with Gasteiger partial charge in [-0.2, -0.15) is 0 Å². The van der Waals surface area contributed by atoms with Crippen molar-refractivity contribution in [2.24, 2.45) is 0 Å². The van der Waals surface area contributed by atoms with E-state index in [2.05, 4.69) is 27.8 Å². The average molecular weight is 388 g/mol. The van der Waals surface area contributed by atoms with E-state index in [1.54, 1.807) is 36.8 Å². The lowest BCUT2D eigenvalue weighted by atomic mass is 9.87. The topological polar surface area (TPSA) is 76.0 Å². The summed E-state index contributed by atoms with van der Waals surface area (Å²) in [5.41, 5.74) is 3.68. The molecule has 0 aliphatic heterocycles. The molecule has 0 spiro atoms. The molecule has 0 fully saturated rings. The Balaban J connectivity index is 1.38. The van der Waals surface area contributed by atoms with Crippen molar-refractivity contribution < 1.29 is 9.59 Å². The quantitative estimate of drug-likeness (QED) is 0.676. The Morgan fingerprint density at radius 1 is 1.14 bits per heavy atom. The van der Waals surface area contributed by atoms with E-state index in [9.17, 15) is 9.59 Å². The van der Waals surface area contributed by atoms with Crippen molar-refractivity contribution in [3.63, 3.8) is 0 Å². The Morgan fingerprint density at radius 2 is 2.03 bits per heavy atom. The number of hydrogen-bond donors (Lipinski definition) is 2. The number of anilines is 1. The second kappa shape index (κ2) is 8.73. The minimum Gasteiger partial charge on any atom is -0.345 e. The van der Waals surface area contributed by atoms with Crippen LogP contribution in [0.25, 0.3) is 0 Å². The summed E-state index contributed by atoms with van der Waals surface area (Å²) in [6.07, 6.45) is 8.59. The first-order valence-electron chi connectivity index (χ1n) is 9.93. The van der Waals surface area contributed by atoms with Gasteiger partial charge in [-0.25, -0.2) is 4.98 Å². The second-order valence-electron chi connectivity index (χ2n) is 7.30. The van der Waals surface area contributed by atoms with Crippen molar-refractivity contribution in [3.8, 4) is 0 Å². The number of aromatic nitrogens is 2. The molecule has 1 aliphatic rings. The van der Waals surface area contributed by atoms with Crippen LogP contribution in [-0.4, -0.2) is 21.4 Å². The molecule has 0 saturated carbocycles. The molecule has 148 valence electrons. The Bertz CT molecular complexity index is 998. The number of carbonyl (C=O) groups excluding carboxylic acids is 2. The van der Waals surface area contributed by atoms with Crippen LogP contribution < -0.4 is 10.6 Å². The Kier molecular flexibility index (Phi) is 5.70. The summed E-state index contributed by atoms with van der Waals surface area (Å²) in [6.45, 7) is 0.563. The van der Waals surface area contributed by atoms with E-state index in [1.165, 1.54) is 11.1 Å². The van der Waals surface area contributed by atoms with Crippen molar-refractivity contribution in [2.45, 2.75) is 38.3 Å². The van der Waals surface area contributed by atoms with Gasteiger partial charge in [-0.3, -0.25) is 9.59 Å². The third kappa shape index (κ3) is 4.71. The zero-order valence-electron chi connectivity index (χ0n) is 16.2. The molecular weight excluding hydrogens is 364 g/mol. The standard InChI is InChI=1S/C23H24N4O2/c28-22(11-13-27-14-12-24-16-27)25-19-8-3-7-18(15-19)23(29)26-21-10-4-6-17-5-1-2-9-20(17)21/h1-3,5,7-9,12,14-16,21H,4,6,10-11,13H2,(H,25,28)(H,26,29). The number of hydrogen-bond acceptors (Lipinski definition) is 3. The van der Waals surface area contributed by atoms with E-state index in [4.69, 9.17) is 0 Å². The summed E-state index contributed by atoms with van der Waals surface area (Å²) in [4.78, 5) is 29.0. The number of benzene rings is 2. The van der Waals surface area contributed by atoms with Gasteiger partial charge in [0.15, 0.2) is 0 Å². The molecule has 4 rings (SSSR count). The van der Waals surface area contributed by atoms with E-state index in [-0.39, 0.29) is 17.9 Å². The lowest BCUT2D eigenvalue weighted by molar-refractivity contribution is -0.116. The van der Waals surface area contributed by atoms with Crippen LogP contribution in [-0.2, 0) is 17.8 Å². The van der Waals surface area contributed by atoms with Gasteiger partial charge in [0.25, 0.3) is 5.91 Å². The van der Waals surface area contributed by atoms with Crippen molar-refractivity contribution in [1.82, 2.24) is 14.9 Å². The first-order chi connectivity index (χ1) is 14.2. The number of carbonyl (C=O) groups is 2. The predicted molar refractivity (Wildman–Crippen MR) is 112 cm³/mol. The van der Waals surface area contributed by atoms with Crippen LogP contribution in [0, 0.1) is 0 Å². The summed E-state index contributed by atoms with van der Waals surface area (Å²) in [5.74, 6) is -0.223. The predicted octanol–water partition coefficient (Wildman–Crippen LogP) is 3.72. The van der Waals surface area contributed by atoms with Crippen molar-refractivity contribution in [3.05, 3.63) is 83.9 Å². The summed E-state index contributed by atoms with van der Waals surface area (Å²) < 4.78 is 1.85. The SMILES string of the molecule is O=C(CCn1ccnc1)Nc1cccc(C(=O)NC2CCCc3ccccc32)c1. The number of amides is 2. The van der Waals surface area contributed by atoms with Gasteiger partial charge in [-0.05, 0) is 48.6 Å². The van der Waals surface area contributed by atoms with Crippen LogP contribution in [0.5, 0.6) is 0 Å². The molecule has 2 N–H and O–H groups in total. The van der Waals surface area contributed by atoms with E-state index in [0.29, 0.717) is 24.2 Å². The van der Waals surface area contributed by atoms with Gasteiger partial charge in [0, 0.05) is 36.6 Å². The molecule has 1 aliphatic carbocycles. The minimum atomic E-state index is -0.124. The molecule has 0 radical (unpaired) electrons. The zero-order chi connectivity index (χ0) is 20.1. The Morgan fingerprint density at radius 3 is 2.90 bits per heavy atom. The zero-order valence-corrected chi connectivity index (χ0v) is 16.2. The van der Waals surface area contributed by atoms with Crippen LogP contribution >= 0.6 is 0 Å². The number of aryl methyl sites for hydroxylation is 2. The van der Waals surface area contributed by atoms with E-state index in [0.717, 1.165) is 19.3 Å². The van der Waals surface area contributed by atoms with Gasteiger partial charge in [0.2, 0.25) is 5.91 Å². The molecule has 1 unspecified atom stereocenters. The maximum Gasteiger partial charge on any atom is 0.251 e. The lowest BCUT2D eigenvalue weighted by Crippen LogP contribution is -2.31. The van der Waals surface area contributed by atoms with E-state index >= 15 is 0 Å². The smallest absolute Gasteiger partial charge is 0.251 e. The molecule has 0 saturated heterocycles. The van der Waals surface area contributed by atoms with Gasteiger partial charge in [-0.15, -0.1) is 0 Å². The summed E-state index contributed by atoms with van der Waals surface area (Å²) in [6, 6.07) is 15.4. The maximum absolute atomic E-state index is 12.8. The summed E-state index contributed by atoms with van der Waals surface area (Å²) in [5, 5.41) is 6.02. The second-order valence-corrected chi connectivity index (χ2v) is 7.30. The number of fused-ring (bicyclic) bond motifs is 1. The van der Waals surface area contributed by atoms with Gasteiger partial charge >= 0.3 is 0 Å². The third-order valence-electron chi connectivity index (χ3n) is 5.24. The van der Waals surface area contributed by atoms with Crippen LogP contribution in [0.4, 0.5) is 5.69 Å². The molecule has 3 aromatic rings. The van der Waals surface area contributed by atoms with Gasteiger partial charge < -0.3 is 15.2 Å². The normalized spacial score (nSPS) is 15.4. The Hall–Kier alpha value is -3.41. The minimum absolute atomic E-state index is 0.0286. The molecule has 0 bridgehead atoms. The average Bonchev–Trinajstić information content (AvgIpc) is 3.26. The van der Waals surface area contributed by atoms with Crippen molar-refractivity contribution in [2.75, 3.05) is 5.32 Å². The molecular formula is C23H24N4O2. The van der Waals surface area contributed by atoms with Crippen molar-refractivity contribution in [1.29, 1.82) is 0 Å². The number of nitrogens with zero attached hydrogens (tertiary/aromatic N) is 2. The van der Waals surface area contributed by atoms with Crippen LogP contribution in [0.3, 0.4) is 0 Å². The molecule has 6 nitrogen and oxygen atoms in total. The number of imidazole rings is 1. The highest BCUT2D eigenvalue weighted by Crippen LogP contribution is 2.29. The molecule has 6 heteroatoms. The van der Waals surface area contributed by atoms with E-state index in [1.807, 2.05) is 22.9 Å². The first-order valence-corrected chi connectivity index (χ1v) is 9.93. The largest absolute Gasteiger partial charge is 0.345 e. The van der Waals surface area contributed by atoms with Crippen LogP contribution in [0.15, 0.2) is 67.3 Å². The van der Waals surface area contributed by atoms with Gasteiger partial charge in [0.1, 0.15) is 0 Å². The van der Waals surface area contributed by atoms with E-state index < -0.39 is 0 Å². The summed E-state index contributed by atoms with van der Waals surface area (Å²) in [7, 11) is 0. The van der Waals surface area contributed by atoms with Crippen molar-refractivity contribution >= 4 is 17.5 Å². The fourth-order valence-electron chi connectivity index (χ4n) is 3.76. The highest BCUT2D eigenvalue weighted by molar-refractivity contribution is 5.97. The molecule has 2 amide bonds. The number of rotatable bonds is 6. The molecule has 1 aromatic heterocycles. The highest BCUT2D eigenvalue weighted by atomic mass is 16.2. The fraction of sp³-hybridized carbons (Fsp3) is 0.261. The molecule has 1 atom stereocenters. The highest BCUT2D eigenvalue weighted by Gasteiger charge is 2.22. The maximum atomic E-state index is 12.8. The van der Waals surface area contributed by atoms with Crippen LogP contribution in [0.2, 0.25) is 0 Å². The molecule has 29 heavy (non-hydrogen) atoms. The summed E-state index contributed by atoms with van der Waals surface area (Å²) >= 11 is 0. The number of nitrogens with one attached hydrogen (secondary N) is 2. The lowest BCUT2D eigenvalue weighted by Gasteiger charge is -2.26. The van der Waals surface area contributed by atoms with Gasteiger partial charge in [-0.1, -0.05) is 30.3 Å². The molecule has 1 heterocycles. The Labute approximate surface area is 170 Å². The molecule has 2 aromatic carbocycles. The van der Waals surface area contributed by atoms with Crippen LogP contribution in [0.1, 0.15) is 46.8 Å². The van der Waals surface area contributed by atoms with Gasteiger partial charge in [0.05, 0.1) is 12.4 Å². The monoisotopic (exact) mass is 388 g/mol. The first kappa shape index (κ1) is 18.9. The fourth-order valence-corrected chi connectivity index (χ4v) is 3.76.